The van der Waals surface area contributed by atoms with Crippen molar-refractivity contribution in [1.82, 2.24) is 0 Å². The molecule has 1 nitrogen and oxygen atoms in total. The molecule has 0 bridgehead atoms. The van der Waals surface area contributed by atoms with Gasteiger partial charge in [0.25, 0.3) is 0 Å². The molecule has 0 radical (unpaired) electrons. The van der Waals surface area contributed by atoms with Crippen molar-refractivity contribution in [3.05, 3.63) is 78.4 Å². The van der Waals surface area contributed by atoms with Gasteiger partial charge in [-0.2, -0.15) is 0 Å². The summed E-state index contributed by atoms with van der Waals surface area (Å²) < 4.78 is 6.89. The minimum absolute atomic E-state index is 0.186. The van der Waals surface area contributed by atoms with Crippen LogP contribution in [0.5, 0.6) is 0 Å². The van der Waals surface area contributed by atoms with E-state index in [1.807, 2.05) is 0 Å². The third-order valence-corrected chi connectivity index (χ3v) is 14.0. The Hall–Kier alpha value is -1.43. The number of hydrogen-bond acceptors (Lipinski definition) is 1. The van der Waals surface area contributed by atoms with Crippen LogP contribution in [0.15, 0.2) is 72.8 Å². The van der Waals surface area contributed by atoms with E-state index in [1.54, 1.807) is 0 Å². The van der Waals surface area contributed by atoms with Gasteiger partial charge in [-0.05, 0) is 36.2 Å². The molecule has 0 spiro atoms. The molecule has 0 aliphatic rings. The molecule has 152 valence electrons. The lowest BCUT2D eigenvalue weighted by molar-refractivity contribution is 0.193. The van der Waals surface area contributed by atoms with Gasteiger partial charge in [0.2, 0.25) is 0 Å². The topological polar surface area (TPSA) is 9.23 Å². The molecule has 0 aliphatic carbocycles. The van der Waals surface area contributed by atoms with Gasteiger partial charge in [0, 0.05) is 0 Å². The van der Waals surface area contributed by atoms with E-state index in [0.29, 0.717) is 0 Å². The van der Waals surface area contributed by atoms with E-state index in [4.69, 9.17) is 4.43 Å². The standard InChI is InChI=1S/C25H38OSi2/c1-6-28(7-2,8-3)26-25(23-17-11-9-12-18-23)21-15-16-22-27(4,5)24-19-13-10-14-20-24/h9-20,25H,6-8,21-22H2,1-5H3/b16-15-. The molecule has 0 saturated carbocycles. The fourth-order valence-corrected chi connectivity index (χ4v) is 8.75. The third kappa shape index (κ3) is 6.30. The quantitative estimate of drug-likeness (QED) is 0.279. The summed E-state index contributed by atoms with van der Waals surface area (Å²) in [6, 6.07) is 26.6. The normalized spacial score (nSPS) is 13.8. The van der Waals surface area contributed by atoms with Crippen LogP contribution in [0.1, 0.15) is 38.9 Å². The first-order valence-corrected chi connectivity index (χ1v) is 16.6. The maximum absolute atomic E-state index is 6.89. The molecular weight excluding hydrogens is 372 g/mol. The molecule has 0 N–H and O–H groups in total. The Labute approximate surface area is 175 Å². The van der Waals surface area contributed by atoms with Crippen LogP contribution in [-0.2, 0) is 4.43 Å². The van der Waals surface area contributed by atoms with E-state index in [2.05, 4.69) is 107 Å². The average molecular weight is 411 g/mol. The van der Waals surface area contributed by atoms with Crippen LogP contribution in [0, 0.1) is 0 Å². The second-order valence-electron chi connectivity index (χ2n) is 8.42. The van der Waals surface area contributed by atoms with Gasteiger partial charge in [0.1, 0.15) is 0 Å². The zero-order valence-electron chi connectivity index (χ0n) is 18.4. The van der Waals surface area contributed by atoms with Crippen LogP contribution in [-0.4, -0.2) is 16.4 Å². The van der Waals surface area contributed by atoms with Crippen LogP contribution in [0.3, 0.4) is 0 Å². The molecule has 2 aromatic rings. The highest BCUT2D eigenvalue weighted by atomic mass is 28.4. The summed E-state index contributed by atoms with van der Waals surface area (Å²) in [7, 11) is -3.06. The first-order chi connectivity index (χ1) is 13.5. The minimum Gasteiger partial charge on any atom is -0.410 e. The van der Waals surface area contributed by atoms with Crippen molar-refractivity contribution in [3.8, 4) is 0 Å². The Morgan fingerprint density at radius 1 is 0.786 bits per heavy atom. The summed E-state index contributed by atoms with van der Waals surface area (Å²) in [6.07, 6.45) is 5.93. The summed E-state index contributed by atoms with van der Waals surface area (Å²) in [4.78, 5) is 0. The van der Waals surface area contributed by atoms with E-state index < -0.39 is 16.4 Å². The summed E-state index contributed by atoms with van der Waals surface area (Å²) in [6.45, 7) is 11.9. The summed E-state index contributed by atoms with van der Waals surface area (Å²) in [5.41, 5.74) is 1.32. The van der Waals surface area contributed by atoms with Crippen molar-refractivity contribution >= 4 is 21.6 Å². The molecule has 3 heteroatoms. The number of allylic oxidation sites excluding steroid dienone is 1. The zero-order chi connectivity index (χ0) is 20.5. The average Bonchev–Trinajstić information content (AvgIpc) is 2.75. The molecule has 2 rings (SSSR count). The highest BCUT2D eigenvalue weighted by Gasteiger charge is 2.32. The van der Waals surface area contributed by atoms with Gasteiger partial charge < -0.3 is 4.43 Å². The molecule has 1 unspecified atom stereocenters. The summed E-state index contributed by atoms with van der Waals surface area (Å²) in [5, 5.41) is 1.53. The van der Waals surface area contributed by atoms with Gasteiger partial charge in [0.05, 0.1) is 14.2 Å². The van der Waals surface area contributed by atoms with Gasteiger partial charge in [-0.25, -0.2) is 0 Å². The largest absolute Gasteiger partial charge is 0.410 e. The molecule has 0 heterocycles. The monoisotopic (exact) mass is 410 g/mol. The van der Waals surface area contributed by atoms with Crippen molar-refractivity contribution in [2.24, 2.45) is 0 Å². The highest BCUT2D eigenvalue weighted by molar-refractivity contribution is 6.90. The predicted molar refractivity (Wildman–Crippen MR) is 130 cm³/mol. The lowest BCUT2D eigenvalue weighted by atomic mass is 10.1. The molecule has 2 aromatic carbocycles. The van der Waals surface area contributed by atoms with E-state index in [0.717, 1.165) is 6.42 Å². The summed E-state index contributed by atoms with van der Waals surface area (Å²) in [5.74, 6) is 0. The summed E-state index contributed by atoms with van der Waals surface area (Å²) >= 11 is 0. The Bertz CT molecular complexity index is 698. The van der Waals surface area contributed by atoms with Crippen LogP contribution >= 0.6 is 0 Å². The van der Waals surface area contributed by atoms with Gasteiger partial charge >= 0.3 is 0 Å². The van der Waals surface area contributed by atoms with Crippen LogP contribution in [0.25, 0.3) is 0 Å². The van der Waals surface area contributed by atoms with Gasteiger partial charge in [-0.15, -0.1) is 0 Å². The van der Waals surface area contributed by atoms with E-state index in [9.17, 15) is 0 Å². The predicted octanol–water partition coefficient (Wildman–Crippen LogP) is 7.31. The first kappa shape index (κ1) is 22.9. The SMILES string of the molecule is CC[Si](CC)(CC)OC(C/C=C\C[Si](C)(C)c1ccccc1)c1ccccc1. The Morgan fingerprint density at radius 2 is 1.32 bits per heavy atom. The fraction of sp³-hybridized carbons (Fsp3) is 0.440. The zero-order valence-corrected chi connectivity index (χ0v) is 20.4. The molecule has 28 heavy (non-hydrogen) atoms. The lowest BCUT2D eigenvalue weighted by Crippen LogP contribution is -2.40. The van der Waals surface area contributed by atoms with Crippen LogP contribution in [0.2, 0.25) is 37.3 Å². The molecule has 1 atom stereocenters. The van der Waals surface area contributed by atoms with Crippen molar-refractivity contribution in [1.29, 1.82) is 0 Å². The molecule has 0 fully saturated rings. The van der Waals surface area contributed by atoms with E-state index >= 15 is 0 Å². The highest BCUT2D eigenvalue weighted by Crippen LogP contribution is 2.32. The van der Waals surface area contributed by atoms with Crippen molar-refractivity contribution in [3.63, 3.8) is 0 Å². The van der Waals surface area contributed by atoms with E-state index in [1.165, 1.54) is 34.9 Å². The minimum atomic E-state index is -1.64. The lowest BCUT2D eigenvalue weighted by Gasteiger charge is -2.33. The maximum Gasteiger partial charge on any atom is 0.192 e. The van der Waals surface area contributed by atoms with Gasteiger partial charge in [-0.1, -0.05) is 112 Å². The second-order valence-corrected chi connectivity index (χ2v) is 17.9. The molecule has 0 amide bonds. The molecule has 0 aromatic heterocycles. The smallest absolute Gasteiger partial charge is 0.192 e. The van der Waals surface area contributed by atoms with Crippen molar-refractivity contribution in [2.75, 3.05) is 0 Å². The van der Waals surface area contributed by atoms with Gasteiger partial charge in [-0.3, -0.25) is 0 Å². The second kappa shape index (κ2) is 10.9. The van der Waals surface area contributed by atoms with Crippen LogP contribution in [0.4, 0.5) is 0 Å². The molecule has 0 saturated heterocycles. The van der Waals surface area contributed by atoms with Crippen LogP contribution < -0.4 is 5.19 Å². The van der Waals surface area contributed by atoms with Crippen molar-refractivity contribution < 1.29 is 4.43 Å². The number of rotatable bonds is 11. The Balaban J connectivity index is 2.09. The number of benzene rings is 2. The maximum atomic E-state index is 6.89. The fourth-order valence-electron chi connectivity index (χ4n) is 3.83. The Kier molecular flexibility index (Phi) is 8.93. The third-order valence-electron chi connectivity index (χ3n) is 6.20. The Morgan fingerprint density at radius 3 is 1.86 bits per heavy atom. The van der Waals surface area contributed by atoms with Crippen molar-refractivity contribution in [2.45, 2.75) is 70.6 Å². The first-order valence-electron chi connectivity index (χ1n) is 10.9. The van der Waals surface area contributed by atoms with Gasteiger partial charge in [0.15, 0.2) is 8.32 Å². The molecular formula is C25H38OSi2. The molecule has 0 aliphatic heterocycles. The van der Waals surface area contributed by atoms with E-state index in [-0.39, 0.29) is 6.10 Å². The number of hydrogen-bond donors (Lipinski definition) is 0.